The lowest BCUT2D eigenvalue weighted by Crippen LogP contribution is -2.40. The van der Waals surface area contributed by atoms with E-state index in [9.17, 15) is 4.79 Å². The van der Waals surface area contributed by atoms with Crippen LogP contribution in [0.3, 0.4) is 0 Å². The van der Waals surface area contributed by atoms with Gasteiger partial charge in [0.2, 0.25) is 0 Å². The molecule has 0 saturated heterocycles. The van der Waals surface area contributed by atoms with Gasteiger partial charge < -0.3 is 14.6 Å². The quantitative estimate of drug-likeness (QED) is 0.717. The van der Waals surface area contributed by atoms with Crippen LogP contribution >= 0.6 is 0 Å². The number of nitrogens with zero attached hydrogens (tertiary/aromatic N) is 2. The van der Waals surface area contributed by atoms with Crippen molar-refractivity contribution in [2.45, 2.75) is 19.5 Å². The topological polar surface area (TPSA) is 58.4 Å². The first-order valence-corrected chi connectivity index (χ1v) is 8.30. The van der Waals surface area contributed by atoms with Crippen LogP contribution in [0.1, 0.15) is 17.0 Å². The Morgan fingerprint density at radius 3 is 2.56 bits per heavy atom. The SMILES string of the molecule is O=C(NCCc1ccccc1)N(Cc1ccccn1)Cc1ccco1. The third kappa shape index (κ3) is 5.21. The molecule has 0 atom stereocenters. The maximum atomic E-state index is 12.6. The number of furan rings is 1. The minimum Gasteiger partial charge on any atom is -0.467 e. The number of hydrogen-bond donors (Lipinski definition) is 1. The van der Waals surface area contributed by atoms with E-state index in [1.54, 1.807) is 17.4 Å². The highest BCUT2D eigenvalue weighted by molar-refractivity contribution is 5.74. The van der Waals surface area contributed by atoms with Gasteiger partial charge in [0, 0.05) is 12.7 Å². The molecule has 0 fully saturated rings. The number of benzene rings is 1. The van der Waals surface area contributed by atoms with E-state index >= 15 is 0 Å². The van der Waals surface area contributed by atoms with Gasteiger partial charge in [-0.05, 0) is 36.2 Å². The molecule has 3 rings (SSSR count). The minimum absolute atomic E-state index is 0.127. The first-order chi connectivity index (χ1) is 12.3. The standard InChI is InChI=1S/C20H21N3O2/c24-20(22-13-11-17-7-2-1-3-8-17)23(16-19-10-6-14-25-19)15-18-9-4-5-12-21-18/h1-10,12,14H,11,13,15-16H2,(H,22,24). The Labute approximate surface area is 147 Å². The summed E-state index contributed by atoms with van der Waals surface area (Å²) < 4.78 is 5.38. The summed E-state index contributed by atoms with van der Waals surface area (Å²) in [6, 6.07) is 19.3. The number of nitrogens with one attached hydrogen (secondary N) is 1. The lowest BCUT2D eigenvalue weighted by molar-refractivity contribution is 0.186. The van der Waals surface area contributed by atoms with E-state index in [1.165, 1.54) is 5.56 Å². The van der Waals surface area contributed by atoms with Crippen LogP contribution in [0.2, 0.25) is 0 Å². The molecule has 0 saturated carbocycles. The normalized spacial score (nSPS) is 10.4. The molecule has 0 radical (unpaired) electrons. The second-order valence-electron chi connectivity index (χ2n) is 5.72. The molecule has 1 aromatic carbocycles. The van der Waals surface area contributed by atoms with E-state index in [2.05, 4.69) is 22.4 Å². The molecule has 0 aliphatic carbocycles. The predicted molar refractivity (Wildman–Crippen MR) is 95.7 cm³/mol. The molecule has 0 spiro atoms. The molecule has 0 bridgehead atoms. The van der Waals surface area contributed by atoms with Gasteiger partial charge in [0.25, 0.3) is 0 Å². The fraction of sp³-hybridized carbons (Fsp3) is 0.200. The minimum atomic E-state index is -0.127. The summed E-state index contributed by atoms with van der Waals surface area (Å²) in [6.45, 7) is 1.42. The molecule has 1 N–H and O–H groups in total. The summed E-state index contributed by atoms with van der Waals surface area (Å²) in [7, 11) is 0. The number of carbonyl (C=O) groups is 1. The van der Waals surface area contributed by atoms with E-state index < -0.39 is 0 Å². The summed E-state index contributed by atoms with van der Waals surface area (Å²) in [5, 5.41) is 2.98. The summed E-state index contributed by atoms with van der Waals surface area (Å²) in [6.07, 6.45) is 4.14. The van der Waals surface area contributed by atoms with Gasteiger partial charge >= 0.3 is 6.03 Å². The van der Waals surface area contributed by atoms with Crippen molar-refractivity contribution in [1.29, 1.82) is 0 Å². The molecular weight excluding hydrogens is 314 g/mol. The first-order valence-electron chi connectivity index (χ1n) is 8.30. The molecule has 5 nitrogen and oxygen atoms in total. The second-order valence-corrected chi connectivity index (χ2v) is 5.72. The number of amides is 2. The van der Waals surface area contributed by atoms with E-state index in [-0.39, 0.29) is 6.03 Å². The average molecular weight is 335 g/mol. The Kier molecular flexibility index (Phi) is 5.82. The van der Waals surface area contributed by atoms with E-state index in [1.807, 2.05) is 48.5 Å². The van der Waals surface area contributed by atoms with Crippen LogP contribution in [0, 0.1) is 0 Å². The molecular formula is C20H21N3O2. The zero-order valence-electron chi connectivity index (χ0n) is 14.0. The van der Waals surface area contributed by atoms with Crippen LogP contribution in [0.5, 0.6) is 0 Å². The van der Waals surface area contributed by atoms with Crippen molar-refractivity contribution in [2.75, 3.05) is 6.54 Å². The van der Waals surface area contributed by atoms with E-state index in [4.69, 9.17) is 4.42 Å². The number of aromatic nitrogens is 1. The van der Waals surface area contributed by atoms with Gasteiger partial charge in [0.05, 0.1) is 25.0 Å². The fourth-order valence-corrected chi connectivity index (χ4v) is 2.55. The Morgan fingerprint density at radius 2 is 1.84 bits per heavy atom. The van der Waals surface area contributed by atoms with Gasteiger partial charge in [-0.15, -0.1) is 0 Å². The average Bonchev–Trinajstić information content (AvgIpc) is 3.16. The van der Waals surface area contributed by atoms with Gasteiger partial charge in [-0.2, -0.15) is 0 Å². The van der Waals surface area contributed by atoms with Crippen LogP contribution < -0.4 is 5.32 Å². The van der Waals surface area contributed by atoms with Crippen molar-refractivity contribution in [3.05, 3.63) is 90.1 Å². The molecule has 2 heterocycles. The highest BCUT2D eigenvalue weighted by atomic mass is 16.3. The van der Waals surface area contributed by atoms with Gasteiger partial charge in [0.1, 0.15) is 5.76 Å². The molecule has 0 aliphatic rings. The monoisotopic (exact) mass is 335 g/mol. The third-order valence-electron chi connectivity index (χ3n) is 3.83. The third-order valence-corrected chi connectivity index (χ3v) is 3.83. The molecule has 2 amide bonds. The smallest absolute Gasteiger partial charge is 0.318 e. The lowest BCUT2D eigenvalue weighted by atomic mass is 10.1. The van der Waals surface area contributed by atoms with E-state index in [0.29, 0.717) is 19.6 Å². The molecule has 0 unspecified atom stereocenters. The molecule has 25 heavy (non-hydrogen) atoms. The Morgan fingerprint density at radius 1 is 1.00 bits per heavy atom. The molecule has 5 heteroatoms. The van der Waals surface area contributed by atoms with Crippen molar-refractivity contribution in [2.24, 2.45) is 0 Å². The summed E-state index contributed by atoms with van der Waals surface area (Å²) in [4.78, 5) is 18.6. The molecule has 3 aromatic rings. The summed E-state index contributed by atoms with van der Waals surface area (Å²) >= 11 is 0. The Hall–Kier alpha value is -3.08. The van der Waals surface area contributed by atoms with Crippen LogP contribution in [0.25, 0.3) is 0 Å². The highest BCUT2D eigenvalue weighted by Gasteiger charge is 2.16. The van der Waals surface area contributed by atoms with E-state index in [0.717, 1.165) is 17.9 Å². The maximum Gasteiger partial charge on any atom is 0.318 e. The zero-order valence-corrected chi connectivity index (χ0v) is 14.0. The Balaban J connectivity index is 1.60. The number of rotatable bonds is 7. The van der Waals surface area contributed by atoms with Crippen molar-refractivity contribution < 1.29 is 9.21 Å². The lowest BCUT2D eigenvalue weighted by Gasteiger charge is -2.22. The summed E-state index contributed by atoms with van der Waals surface area (Å²) in [5.74, 6) is 0.745. The summed E-state index contributed by atoms with van der Waals surface area (Å²) in [5.41, 5.74) is 2.04. The molecule has 2 aromatic heterocycles. The largest absolute Gasteiger partial charge is 0.467 e. The van der Waals surface area contributed by atoms with Crippen molar-refractivity contribution in [3.63, 3.8) is 0 Å². The highest BCUT2D eigenvalue weighted by Crippen LogP contribution is 2.09. The number of urea groups is 1. The number of hydrogen-bond acceptors (Lipinski definition) is 3. The van der Waals surface area contributed by atoms with Crippen molar-refractivity contribution >= 4 is 6.03 Å². The first kappa shape index (κ1) is 16.8. The fourth-order valence-electron chi connectivity index (χ4n) is 2.55. The van der Waals surface area contributed by atoms with Crippen molar-refractivity contribution in [1.82, 2.24) is 15.2 Å². The second kappa shape index (κ2) is 8.68. The maximum absolute atomic E-state index is 12.6. The number of pyridine rings is 1. The molecule has 128 valence electrons. The zero-order chi connectivity index (χ0) is 17.3. The van der Waals surface area contributed by atoms with Crippen LogP contribution in [0.15, 0.2) is 77.5 Å². The Bertz CT molecular complexity index is 758. The van der Waals surface area contributed by atoms with Crippen molar-refractivity contribution in [3.8, 4) is 0 Å². The van der Waals surface area contributed by atoms with Gasteiger partial charge in [-0.25, -0.2) is 4.79 Å². The predicted octanol–water partition coefficient (Wildman–Crippen LogP) is 3.63. The van der Waals surface area contributed by atoms with Gasteiger partial charge in [-0.1, -0.05) is 36.4 Å². The number of carbonyl (C=O) groups excluding carboxylic acids is 1. The molecule has 0 aliphatic heterocycles. The van der Waals surface area contributed by atoms with Gasteiger partial charge in [-0.3, -0.25) is 4.98 Å². The van der Waals surface area contributed by atoms with Crippen LogP contribution in [-0.2, 0) is 19.5 Å². The van der Waals surface area contributed by atoms with Crippen LogP contribution in [-0.4, -0.2) is 22.5 Å². The van der Waals surface area contributed by atoms with Crippen LogP contribution in [0.4, 0.5) is 4.79 Å². The van der Waals surface area contributed by atoms with Gasteiger partial charge in [0.15, 0.2) is 0 Å².